The van der Waals surface area contributed by atoms with Gasteiger partial charge in [-0.25, -0.2) is 0 Å². The molecule has 0 unspecified atom stereocenters. The van der Waals surface area contributed by atoms with E-state index in [0.717, 1.165) is 30.8 Å². The van der Waals surface area contributed by atoms with Crippen molar-refractivity contribution < 1.29 is 4.74 Å². The van der Waals surface area contributed by atoms with Crippen molar-refractivity contribution in [3.63, 3.8) is 0 Å². The summed E-state index contributed by atoms with van der Waals surface area (Å²) in [6.45, 7) is 2.92. The smallest absolute Gasteiger partial charge is 0.122 e. The van der Waals surface area contributed by atoms with Crippen molar-refractivity contribution in [2.75, 3.05) is 7.11 Å². The highest BCUT2D eigenvalue weighted by molar-refractivity contribution is 5.33. The molecular weight excluding hydrogens is 214 g/mol. The Morgan fingerprint density at radius 2 is 2.06 bits per heavy atom. The number of rotatable bonds is 5. The number of nitrogens with zero attached hydrogens (tertiary/aromatic N) is 3. The van der Waals surface area contributed by atoms with Crippen molar-refractivity contribution in [2.45, 2.75) is 26.3 Å². The van der Waals surface area contributed by atoms with Crippen LogP contribution >= 0.6 is 0 Å². The molecule has 0 aliphatic carbocycles. The van der Waals surface area contributed by atoms with Gasteiger partial charge in [-0.3, -0.25) is 4.68 Å². The van der Waals surface area contributed by atoms with Crippen molar-refractivity contribution in [1.82, 2.24) is 15.0 Å². The van der Waals surface area contributed by atoms with Gasteiger partial charge in [-0.2, -0.15) is 0 Å². The number of hydrogen-bond donors (Lipinski definition) is 0. The lowest BCUT2D eigenvalue weighted by Gasteiger charge is -2.06. The van der Waals surface area contributed by atoms with Gasteiger partial charge in [-0.1, -0.05) is 23.4 Å². The fraction of sp³-hybridized carbons (Fsp3) is 0.385. The van der Waals surface area contributed by atoms with Crippen LogP contribution in [0.5, 0.6) is 5.75 Å². The second-order valence-electron chi connectivity index (χ2n) is 3.88. The monoisotopic (exact) mass is 231 g/mol. The third-order valence-electron chi connectivity index (χ3n) is 2.75. The van der Waals surface area contributed by atoms with Gasteiger partial charge >= 0.3 is 0 Å². The van der Waals surface area contributed by atoms with E-state index in [1.165, 1.54) is 5.56 Å². The van der Waals surface area contributed by atoms with Gasteiger partial charge < -0.3 is 4.74 Å². The van der Waals surface area contributed by atoms with Crippen LogP contribution in [0.1, 0.15) is 18.2 Å². The van der Waals surface area contributed by atoms with Crippen LogP contribution in [0.3, 0.4) is 0 Å². The minimum Gasteiger partial charge on any atom is -0.496 e. The zero-order chi connectivity index (χ0) is 12.1. The molecular formula is C13H17N3O. The molecule has 0 aliphatic heterocycles. The summed E-state index contributed by atoms with van der Waals surface area (Å²) in [5.74, 6) is 0.940. The molecule has 0 saturated heterocycles. The Morgan fingerprint density at radius 3 is 2.76 bits per heavy atom. The predicted octanol–water partition coefficient (Wildman–Crippen LogP) is 2.09. The Labute approximate surface area is 101 Å². The molecule has 90 valence electrons. The fourth-order valence-corrected chi connectivity index (χ4v) is 1.78. The first kappa shape index (κ1) is 11.6. The average molecular weight is 231 g/mol. The first-order valence-corrected chi connectivity index (χ1v) is 5.84. The average Bonchev–Trinajstić information content (AvgIpc) is 2.84. The summed E-state index contributed by atoms with van der Waals surface area (Å²) < 4.78 is 7.16. The number of benzene rings is 1. The van der Waals surface area contributed by atoms with Gasteiger partial charge in [0.2, 0.25) is 0 Å². The van der Waals surface area contributed by atoms with Gasteiger partial charge in [0.05, 0.1) is 12.8 Å². The second kappa shape index (κ2) is 5.48. The minimum absolute atomic E-state index is 0.863. The lowest BCUT2D eigenvalue weighted by molar-refractivity contribution is 0.409. The molecule has 0 fully saturated rings. The van der Waals surface area contributed by atoms with Gasteiger partial charge in [0.1, 0.15) is 5.75 Å². The molecule has 1 heterocycles. The van der Waals surface area contributed by atoms with Crippen molar-refractivity contribution in [3.8, 4) is 5.75 Å². The highest BCUT2D eigenvalue weighted by Crippen LogP contribution is 2.18. The first-order chi connectivity index (χ1) is 8.33. The predicted molar refractivity (Wildman–Crippen MR) is 66.1 cm³/mol. The Balaban J connectivity index is 2.01. The zero-order valence-electron chi connectivity index (χ0n) is 10.3. The topological polar surface area (TPSA) is 39.9 Å². The first-order valence-electron chi connectivity index (χ1n) is 5.84. The number of hydrogen-bond acceptors (Lipinski definition) is 3. The lowest BCUT2D eigenvalue weighted by Crippen LogP contribution is -1.95. The zero-order valence-corrected chi connectivity index (χ0v) is 10.3. The SMILES string of the molecule is CCn1cc(CCc2ccccc2OC)nn1. The van der Waals surface area contributed by atoms with E-state index < -0.39 is 0 Å². The van der Waals surface area contributed by atoms with E-state index >= 15 is 0 Å². The molecule has 0 amide bonds. The largest absolute Gasteiger partial charge is 0.496 e. The molecule has 2 rings (SSSR count). The van der Waals surface area contributed by atoms with E-state index in [2.05, 4.69) is 23.3 Å². The molecule has 0 spiro atoms. The number of para-hydroxylation sites is 1. The van der Waals surface area contributed by atoms with Crippen molar-refractivity contribution in [3.05, 3.63) is 41.7 Å². The van der Waals surface area contributed by atoms with Crippen molar-refractivity contribution in [1.29, 1.82) is 0 Å². The third-order valence-corrected chi connectivity index (χ3v) is 2.75. The van der Waals surface area contributed by atoms with Crippen molar-refractivity contribution in [2.24, 2.45) is 0 Å². The fourth-order valence-electron chi connectivity index (χ4n) is 1.78. The Morgan fingerprint density at radius 1 is 1.24 bits per heavy atom. The van der Waals surface area contributed by atoms with Crippen molar-refractivity contribution >= 4 is 0 Å². The molecule has 0 aliphatic rings. The van der Waals surface area contributed by atoms with E-state index in [0.29, 0.717) is 0 Å². The third kappa shape index (κ3) is 2.84. The van der Waals surface area contributed by atoms with Crippen LogP contribution in [0.2, 0.25) is 0 Å². The molecule has 0 N–H and O–H groups in total. The van der Waals surface area contributed by atoms with Crippen LogP contribution < -0.4 is 4.74 Å². The van der Waals surface area contributed by atoms with Gasteiger partial charge in [0.15, 0.2) is 0 Å². The summed E-state index contributed by atoms with van der Waals surface area (Å²) in [7, 11) is 1.70. The molecule has 4 heteroatoms. The Kier molecular flexibility index (Phi) is 3.75. The molecule has 0 atom stereocenters. The molecule has 1 aromatic heterocycles. The van der Waals surface area contributed by atoms with Gasteiger partial charge in [-0.05, 0) is 31.4 Å². The summed E-state index contributed by atoms with van der Waals surface area (Å²) in [6.07, 6.45) is 3.81. The van der Waals surface area contributed by atoms with Gasteiger partial charge in [-0.15, -0.1) is 5.10 Å². The summed E-state index contributed by atoms with van der Waals surface area (Å²) in [6, 6.07) is 8.08. The highest BCUT2D eigenvalue weighted by Gasteiger charge is 2.04. The van der Waals surface area contributed by atoms with Crippen LogP contribution in [0, 0.1) is 0 Å². The maximum atomic E-state index is 5.32. The van der Waals surface area contributed by atoms with Crippen LogP contribution in [0.15, 0.2) is 30.5 Å². The van der Waals surface area contributed by atoms with Crippen LogP contribution in [-0.4, -0.2) is 22.1 Å². The maximum absolute atomic E-state index is 5.32. The number of methoxy groups -OCH3 is 1. The minimum atomic E-state index is 0.863. The lowest BCUT2D eigenvalue weighted by atomic mass is 10.1. The molecule has 17 heavy (non-hydrogen) atoms. The summed E-state index contributed by atoms with van der Waals surface area (Å²) >= 11 is 0. The number of aromatic nitrogens is 3. The van der Waals surface area contributed by atoms with Gasteiger partial charge in [0, 0.05) is 12.7 Å². The van der Waals surface area contributed by atoms with E-state index in [4.69, 9.17) is 4.74 Å². The standard InChI is InChI=1S/C13H17N3O/c1-3-16-10-12(14-15-16)9-8-11-6-4-5-7-13(11)17-2/h4-7,10H,3,8-9H2,1-2H3. The quantitative estimate of drug-likeness (QED) is 0.791. The normalized spacial score (nSPS) is 10.5. The van der Waals surface area contributed by atoms with Crippen LogP contribution in [-0.2, 0) is 19.4 Å². The Bertz CT molecular complexity index is 479. The van der Waals surface area contributed by atoms with E-state index in [1.807, 2.05) is 29.1 Å². The summed E-state index contributed by atoms with van der Waals surface area (Å²) in [4.78, 5) is 0. The molecule has 2 aromatic rings. The van der Waals surface area contributed by atoms with E-state index in [-0.39, 0.29) is 0 Å². The molecule has 0 saturated carbocycles. The van der Waals surface area contributed by atoms with Gasteiger partial charge in [0.25, 0.3) is 0 Å². The van der Waals surface area contributed by atoms with Crippen LogP contribution in [0.4, 0.5) is 0 Å². The van der Waals surface area contributed by atoms with E-state index in [1.54, 1.807) is 7.11 Å². The van der Waals surface area contributed by atoms with Crippen LogP contribution in [0.25, 0.3) is 0 Å². The number of ether oxygens (including phenoxy) is 1. The Hall–Kier alpha value is -1.84. The molecule has 1 aromatic carbocycles. The summed E-state index contributed by atoms with van der Waals surface area (Å²) in [5.41, 5.74) is 2.24. The summed E-state index contributed by atoms with van der Waals surface area (Å²) in [5, 5.41) is 8.15. The molecule has 4 nitrogen and oxygen atoms in total. The van der Waals surface area contributed by atoms with E-state index in [9.17, 15) is 0 Å². The number of aryl methyl sites for hydroxylation is 3. The molecule has 0 radical (unpaired) electrons. The molecule has 0 bridgehead atoms. The second-order valence-corrected chi connectivity index (χ2v) is 3.88. The highest BCUT2D eigenvalue weighted by atomic mass is 16.5. The maximum Gasteiger partial charge on any atom is 0.122 e.